The highest BCUT2D eigenvalue weighted by Crippen LogP contribution is 2.29. The molecule has 0 spiro atoms. The fourth-order valence-electron chi connectivity index (χ4n) is 4.44. The molecule has 3 fully saturated rings. The number of amides is 2. The average Bonchev–Trinajstić information content (AvgIpc) is 2.72. The lowest BCUT2D eigenvalue weighted by Crippen LogP contribution is -2.58. The van der Waals surface area contributed by atoms with Crippen LogP contribution in [-0.4, -0.2) is 73.1 Å². The molecule has 1 atom stereocenters. The number of hydrogen-bond acceptors (Lipinski definition) is 4. The van der Waals surface area contributed by atoms with Crippen molar-refractivity contribution < 1.29 is 18.0 Å². The molecule has 2 amide bonds. The van der Waals surface area contributed by atoms with E-state index in [1.165, 1.54) is 4.31 Å². The van der Waals surface area contributed by atoms with E-state index in [-0.39, 0.29) is 22.6 Å². The van der Waals surface area contributed by atoms with Gasteiger partial charge in [-0.3, -0.25) is 9.59 Å². The maximum atomic E-state index is 13.2. The predicted molar refractivity (Wildman–Crippen MR) is 108 cm³/mol. The number of piperazine rings is 1. The van der Waals surface area contributed by atoms with E-state index in [2.05, 4.69) is 0 Å². The molecule has 7 nitrogen and oxygen atoms in total. The standard InChI is InChI=1S/C21H29N3O4S/c25-20(17-7-6-8-17)22-13-15-23(16-14-22)21(26)19-11-4-5-12-24(19)29(27,28)18-9-2-1-3-10-18/h1-3,9-10,17,19H,4-8,11-16H2. The van der Waals surface area contributed by atoms with Gasteiger partial charge in [0.2, 0.25) is 21.8 Å². The summed E-state index contributed by atoms with van der Waals surface area (Å²) in [5.74, 6) is 0.261. The molecule has 2 saturated heterocycles. The van der Waals surface area contributed by atoms with Crippen LogP contribution in [0.5, 0.6) is 0 Å². The quantitative estimate of drug-likeness (QED) is 0.744. The average molecular weight is 420 g/mol. The first-order valence-corrected chi connectivity index (χ1v) is 12.1. The number of carbonyl (C=O) groups is 2. The van der Waals surface area contributed by atoms with Gasteiger partial charge < -0.3 is 9.80 Å². The van der Waals surface area contributed by atoms with Crippen LogP contribution in [0.1, 0.15) is 38.5 Å². The highest BCUT2D eigenvalue weighted by molar-refractivity contribution is 7.89. The first-order chi connectivity index (χ1) is 14.0. The van der Waals surface area contributed by atoms with Crippen molar-refractivity contribution >= 4 is 21.8 Å². The van der Waals surface area contributed by atoms with Crippen LogP contribution < -0.4 is 0 Å². The zero-order valence-electron chi connectivity index (χ0n) is 16.7. The number of rotatable bonds is 4. The van der Waals surface area contributed by atoms with E-state index in [9.17, 15) is 18.0 Å². The Morgan fingerprint density at radius 2 is 1.38 bits per heavy atom. The van der Waals surface area contributed by atoms with Gasteiger partial charge in [0.25, 0.3) is 0 Å². The molecule has 0 aromatic heterocycles. The second-order valence-electron chi connectivity index (χ2n) is 8.22. The van der Waals surface area contributed by atoms with E-state index < -0.39 is 16.1 Å². The molecular weight excluding hydrogens is 390 g/mol. The van der Waals surface area contributed by atoms with Crippen LogP contribution in [0.2, 0.25) is 0 Å². The molecule has 4 rings (SSSR count). The number of piperidine rings is 1. The monoisotopic (exact) mass is 419 g/mol. The van der Waals surface area contributed by atoms with E-state index in [4.69, 9.17) is 0 Å². The summed E-state index contributed by atoms with van der Waals surface area (Å²) >= 11 is 0. The smallest absolute Gasteiger partial charge is 0.243 e. The van der Waals surface area contributed by atoms with Gasteiger partial charge in [0.15, 0.2) is 0 Å². The maximum Gasteiger partial charge on any atom is 0.243 e. The van der Waals surface area contributed by atoms with Gasteiger partial charge in [0.1, 0.15) is 6.04 Å². The van der Waals surface area contributed by atoms with E-state index in [1.807, 2.05) is 4.90 Å². The van der Waals surface area contributed by atoms with Crippen molar-refractivity contribution in [2.24, 2.45) is 5.92 Å². The van der Waals surface area contributed by atoms with E-state index in [1.54, 1.807) is 35.2 Å². The molecule has 1 aromatic rings. The molecule has 158 valence electrons. The van der Waals surface area contributed by atoms with Crippen LogP contribution in [0.3, 0.4) is 0 Å². The molecule has 1 aliphatic carbocycles. The van der Waals surface area contributed by atoms with Gasteiger partial charge >= 0.3 is 0 Å². The molecule has 8 heteroatoms. The Balaban J connectivity index is 1.43. The number of benzene rings is 1. The molecule has 3 aliphatic rings. The summed E-state index contributed by atoms with van der Waals surface area (Å²) in [6.07, 6.45) is 5.24. The summed E-state index contributed by atoms with van der Waals surface area (Å²) < 4.78 is 27.7. The molecule has 29 heavy (non-hydrogen) atoms. The lowest BCUT2D eigenvalue weighted by Gasteiger charge is -2.41. The summed E-state index contributed by atoms with van der Waals surface area (Å²) in [6.45, 7) is 2.41. The Hall–Kier alpha value is -1.93. The zero-order chi connectivity index (χ0) is 20.4. The minimum Gasteiger partial charge on any atom is -0.339 e. The first-order valence-electron chi connectivity index (χ1n) is 10.6. The summed E-state index contributed by atoms with van der Waals surface area (Å²) in [7, 11) is -3.70. The van der Waals surface area contributed by atoms with Crippen molar-refractivity contribution in [1.82, 2.24) is 14.1 Å². The fourth-order valence-corrected chi connectivity index (χ4v) is 6.11. The minimum atomic E-state index is -3.70. The molecule has 1 saturated carbocycles. The highest BCUT2D eigenvalue weighted by Gasteiger charge is 2.40. The van der Waals surface area contributed by atoms with Crippen molar-refractivity contribution in [2.75, 3.05) is 32.7 Å². The summed E-state index contributed by atoms with van der Waals surface area (Å²) in [5.41, 5.74) is 0. The normalized spacial score (nSPS) is 24.2. The van der Waals surface area contributed by atoms with Crippen molar-refractivity contribution in [2.45, 2.75) is 49.5 Å². The lowest BCUT2D eigenvalue weighted by molar-refractivity contribution is -0.145. The largest absolute Gasteiger partial charge is 0.339 e. The highest BCUT2D eigenvalue weighted by atomic mass is 32.2. The van der Waals surface area contributed by atoms with Crippen molar-refractivity contribution in [3.05, 3.63) is 30.3 Å². The topological polar surface area (TPSA) is 78.0 Å². The van der Waals surface area contributed by atoms with Gasteiger partial charge in [-0.2, -0.15) is 4.31 Å². The molecule has 0 bridgehead atoms. The van der Waals surface area contributed by atoms with E-state index in [0.29, 0.717) is 39.1 Å². The Labute approximate surface area is 172 Å². The van der Waals surface area contributed by atoms with Crippen LogP contribution in [0.25, 0.3) is 0 Å². The van der Waals surface area contributed by atoms with Crippen LogP contribution >= 0.6 is 0 Å². The SMILES string of the molecule is O=C(C1CCC1)N1CCN(C(=O)C2CCCCN2S(=O)(=O)c2ccccc2)CC1. The van der Waals surface area contributed by atoms with E-state index >= 15 is 0 Å². The molecule has 0 radical (unpaired) electrons. The van der Waals surface area contributed by atoms with Gasteiger partial charge in [-0.1, -0.05) is 31.0 Å². The van der Waals surface area contributed by atoms with Gasteiger partial charge in [-0.25, -0.2) is 8.42 Å². The van der Waals surface area contributed by atoms with Crippen LogP contribution in [-0.2, 0) is 19.6 Å². The van der Waals surface area contributed by atoms with E-state index in [0.717, 1.165) is 32.1 Å². The van der Waals surface area contributed by atoms with Gasteiger partial charge in [-0.05, 0) is 37.8 Å². The summed E-state index contributed by atoms with van der Waals surface area (Å²) in [5, 5.41) is 0. The number of sulfonamides is 1. The number of carbonyl (C=O) groups excluding carboxylic acids is 2. The minimum absolute atomic E-state index is 0.125. The second kappa shape index (κ2) is 8.44. The Morgan fingerprint density at radius 1 is 0.759 bits per heavy atom. The van der Waals surface area contributed by atoms with Crippen LogP contribution in [0, 0.1) is 5.92 Å². The van der Waals surface area contributed by atoms with Gasteiger partial charge in [0, 0.05) is 38.6 Å². The second-order valence-corrected chi connectivity index (χ2v) is 10.1. The van der Waals surface area contributed by atoms with Gasteiger partial charge in [0.05, 0.1) is 4.90 Å². The lowest BCUT2D eigenvalue weighted by atomic mass is 9.84. The van der Waals surface area contributed by atoms with Crippen LogP contribution in [0.15, 0.2) is 35.2 Å². The van der Waals surface area contributed by atoms with Crippen molar-refractivity contribution in [3.63, 3.8) is 0 Å². The Bertz CT molecular complexity index is 846. The number of hydrogen-bond donors (Lipinski definition) is 0. The third-order valence-electron chi connectivity index (χ3n) is 6.45. The number of nitrogens with zero attached hydrogens (tertiary/aromatic N) is 3. The predicted octanol–water partition coefficient (Wildman–Crippen LogP) is 1.70. The van der Waals surface area contributed by atoms with Gasteiger partial charge in [-0.15, -0.1) is 0 Å². The molecule has 1 aromatic carbocycles. The van der Waals surface area contributed by atoms with Crippen LogP contribution in [0.4, 0.5) is 0 Å². The molecule has 2 aliphatic heterocycles. The third-order valence-corrected chi connectivity index (χ3v) is 8.37. The maximum absolute atomic E-state index is 13.2. The van der Waals surface area contributed by atoms with Crippen molar-refractivity contribution in [3.8, 4) is 0 Å². The molecule has 0 N–H and O–H groups in total. The zero-order valence-corrected chi connectivity index (χ0v) is 17.5. The summed E-state index contributed by atoms with van der Waals surface area (Å²) in [4.78, 5) is 29.5. The summed E-state index contributed by atoms with van der Waals surface area (Å²) in [6, 6.07) is 7.69. The Kier molecular flexibility index (Phi) is 5.92. The Morgan fingerprint density at radius 3 is 1.97 bits per heavy atom. The molecule has 1 unspecified atom stereocenters. The fraction of sp³-hybridized carbons (Fsp3) is 0.619. The molecular formula is C21H29N3O4S. The molecule has 2 heterocycles. The third kappa shape index (κ3) is 4.05. The van der Waals surface area contributed by atoms with Crippen molar-refractivity contribution in [1.29, 1.82) is 0 Å². The first kappa shape index (κ1) is 20.3.